The molecule has 1 fully saturated rings. The lowest BCUT2D eigenvalue weighted by Gasteiger charge is -2.17. The Bertz CT molecular complexity index is 396. The number of rotatable bonds is 5. The zero-order valence-electron chi connectivity index (χ0n) is 10.2. The van der Waals surface area contributed by atoms with Gasteiger partial charge in [0, 0.05) is 5.69 Å². The van der Waals surface area contributed by atoms with Crippen molar-refractivity contribution in [2.24, 2.45) is 0 Å². The predicted octanol–water partition coefficient (Wildman–Crippen LogP) is 2.20. The van der Waals surface area contributed by atoms with Crippen molar-refractivity contribution in [2.75, 3.05) is 19.0 Å². The predicted molar refractivity (Wildman–Crippen MR) is 65.2 cm³/mol. The van der Waals surface area contributed by atoms with Crippen LogP contribution in [0, 0.1) is 0 Å². The summed E-state index contributed by atoms with van der Waals surface area (Å²) in [4.78, 5) is 11.7. The van der Waals surface area contributed by atoms with Crippen LogP contribution >= 0.6 is 0 Å². The van der Waals surface area contributed by atoms with E-state index in [1.54, 1.807) is 7.11 Å². The highest BCUT2D eigenvalue weighted by atomic mass is 16.5. The van der Waals surface area contributed by atoms with Crippen molar-refractivity contribution in [1.29, 1.82) is 0 Å². The van der Waals surface area contributed by atoms with E-state index >= 15 is 0 Å². The third kappa shape index (κ3) is 2.52. The third-order valence-electron chi connectivity index (χ3n) is 2.89. The molecule has 1 N–H and O–H groups in total. The number of carbonyl (C=O) groups excluding carboxylic acids is 1. The number of benzene rings is 1. The van der Waals surface area contributed by atoms with Crippen molar-refractivity contribution in [3.63, 3.8) is 0 Å². The summed E-state index contributed by atoms with van der Waals surface area (Å²) < 4.78 is 10.1. The van der Waals surface area contributed by atoms with E-state index in [0.717, 1.165) is 24.3 Å². The van der Waals surface area contributed by atoms with E-state index in [4.69, 9.17) is 9.47 Å². The number of ether oxygens (including phenoxy) is 2. The van der Waals surface area contributed by atoms with Gasteiger partial charge in [-0.15, -0.1) is 0 Å². The number of hydrogen-bond donors (Lipinski definition) is 1. The Balaban J connectivity index is 2.02. The molecule has 2 rings (SSSR count). The van der Waals surface area contributed by atoms with Crippen molar-refractivity contribution in [1.82, 2.24) is 0 Å². The Morgan fingerprint density at radius 1 is 1.35 bits per heavy atom. The fourth-order valence-corrected chi connectivity index (χ4v) is 1.73. The van der Waals surface area contributed by atoms with E-state index < -0.39 is 5.54 Å². The van der Waals surface area contributed by atoms with E-state index in [0.29, 0.717) is 6.61 Å². The SMILES string of the molecule is CCOC(=O)C1(Nc2ccc(OC)cc2)CC1. The van der Waals surface area contributed by atoms with Crippen LogP contribution in [-0.4, -0.2) is 25.2 Å². The monoisotopic (exact) mass is 235 g/mol. The van der Waals surface area contributed by atoms with Crippen LogP contribution < -0.4 is 10.1 Å². The summed E-state index contributed by atoms with van der Waals surface area (Å²) in [5.41, 5.74) is 0.418. The van der Waals surface area contributed by atoms with Crippen molar-refractivity contribution >= 4 is 11.7 Å². The quantitative estimate of drug-likeness (QED) is 0.795. The minimum absolute atomic E-state index is 0.157. The molecule has 0 unspecified atom stereocenters. The average Bonchev–Trinajstić information content (AvgIpc) is 3.11. The first kappa shape index (κ1) is 11.8. The van der Waals surface area contributed by atoms with Gasteiger partial charge in [-0.05, 0) is 44.0 Å². The fraction of sp³-hybridized carbons (Fsp3) is 0.462. The van der Waals surface area contributed by atoms with Crippen LogP contribution in [0.2, 0.25) is 0 Å². The fourth-order valence-electron chi connectivity index (χ4n) is 1.73. The van der Waals surface area contributed by atoms with E-state index in [-0.39, 0.29) is 5.97 Å². The highest BCUT2D eigenvalue weighted by Gasteiger charge is 2.51. The van der Waals surface area contributed by atoms with Crippen molar-refractivity contribution in [2.45, 2.75) is 25.3 Å². The van der Waals surface area contributed by atoms with Crippen LogP contribution in [0.1, 0.15) is 19.8 Å². The maximum atomic E-state index is 11.7. The lowest BCUT2D eigenvalue weighted by Crippen LogP contribution is -2.33. The second kappa shape index (κ2) is 4.65. The number of nitrogens with one attached hydrogen (secondary N) is 1. The number of carbonyl (C=O) groups is 1. The third-order valence-corrected chi connectivity index (χ3v) is 2.89. The lowest BCUT2D eigenvalue weighted by atomic mass is 10.2. The van der Waals surface area contributed by atoms with Crippen molar-refractivity contribution in [3.8, 4) is 5.75 Å². The van der Waals surface area contributed by atoms with E-state index in [9.17, 15) is 4.79 Å². The molecule has 0 atom stereocenters. The first-order valence-corrected chi connectivity index (χ1v) is 5.79. The molecule has 0 spiro atoms. The molecule has 0 heterocycles. The van der Waals surface area contributed by atoms with Gasteiger partial charge in [0.15, 0.2) is 0 Å². The van der Waals surface area contributed by atoms with E-state index in [2.05, 4.69) is 5.32 Å². The summed E-state index contributed by atoms with van der Waals surface area (Å²) in [5, 5.41) is 3.24. The molecule has 17 heavy (non-hydrogen) atoms. The molecule has 1 aromatic carbocycles. The first-order valence-electron chi connectivity index (χ1n) is 5.79. The number of hydrogen-bond acceptors (Lipinski definition) is 4. The summed E-state index contributed by atoms with van der Waals surface area (Å²) in [5.74, 6) is 0.646. The van der Waals surface area contributed by atoms with Gasteiger partial charge in [0.25, 0.3) is 0 Å². The van der Waals surface area contributed by atoms with Gasteiger partial charge in [0.05, 0.1) is 13.7 Å². The molecule has 1 aliphatic rings. The molecule has 0 aliphatic heterocycles. The molecule has 4 heteroatoms. The molecule has 92 valence electrons. The van der Waals surface area contributed by atoms with Gasteiger partial charge in [-0.2, -0.15) is 0 Å². The molecular formula is C13H17NO3. The molecular weight excluding hydrogens is 218 g/mol. The van der Waals surface area contributed by atoms with Crippen LogP contribution in [0.5, 0.6) is 5.75 Å². The maximum absolute atomic E-state index is 11.7. The zero-order chi connectivity index (χ0) is 12.3. The minimum atomic E-state index is -0.495. The Labute approximate surface area is 101 Å². The number of anilines is 1. The number of methoxy groups -OCH3 is 1. The summed E-state index contributed by atoms with van der Waals surface area (Å²) in [6.07, 6.45) is 1.66. The van der Waals surface area contributed by atoms with E-state index in [1.807, 2.05) is 31.2 Å². The molecule has 0 radical (unpaired) electrons. The largest absolute Gasteiger partial charge is 0.497 e. The van der Waals surface area contributed by atoms with Gasteiger partial charge in [-0.25, -0.2) is 4.79 Å². The molecule has 0 bridgehead atoms. The normalized spacial score (nSPS) is 16.1. The van der Waals surface area contributed by atoms with Gasteiger partial charge < -0.3 is 14.8 Å². The van der Waals surface area contributed by atoms with Crippen LogP contribution in [0.25, 0.3) is 0 Å². The van der Waals surface area contributed by atoms with E-state index in [1.165, 1.54) is 0 Å². The highest BCUT2D eigenvalue weighted by Crippen LogP contribution is 2.40. The molecule has 4 nitrogen and oxygen atoms in total. The smallest absolute Gasteiger partial charge is 0.331 e. The Morgan fingerprint density at radius 3 is 2.47 bits per heavy atom. The Kier molecular flexibility index (Phi) is 3.22. The summed E-state index contributed by atoms with van der Waals surface area (Å²) in [6, 6.07) is 7.53. The van der Waals surface area contributed by atoms with Crippen LogP contribution in [-0.2, 0) is 9.53 Å². The summed E-state index contributed by atoms with van der Waals surface area (Å²) in [7, 11) is 1.63. The van der Waals surface area contributed by atoms with Gasteiger partial charge in [0.2, 0.25) is 0 Å². The lowest BCUT2D eigenvalue weighted by molar-refractivity contribution is -0.145. The topological polar surface area (TPSA) is 47.6 Å². The van der Waals surface area contributed by atoms with Gasteiger partial charge in [-0.1, -0.05) is 0 Å². The standard InChI is InChI=1S/C13H17NO3/c1-3-17-12(15)13(8-9-13)14-10-4-6-11(16-2)7-5-10/h4-7,14H,3,8-9H2,1-2H3. The van der Waals surface area contributed by atoms with Crippen molar-refractivity contribution < 1.29 is 14.3 Å². The van der Waals surface area contributed by atoms with Crippen molar-refractivity contribution in [3.05, 3.63) is 24.3 Å². The molecule has 0 aromatic heterocycles. The van der Waals surface area contributed by atoms with Gasteiger partial charge in [-0.3, -0.25) is 0 Å². The zero-order valence-corrected chi connectivity index (χ0v) is 10.2. The van der Waals surface area contributed by atoms with Crippen LogP contribution in [0.3, 0.4) is 0 Å². The van der Waals surface area contributed by atoms with Crippen LogP contribution in [0.4, 0.5) is 5.69 Å². The Morgan fingerprint density at radius 2 is 2.00 bits per heavy atom. The molecule has 0 saturated heterocycles. The second-order valence-electron chi connectivity index (χ2n) is 4.16. The Hall–Kier alpha value is -1.71. The summed E-state index contributed by atoms with van der Waals surface area (Å²) >= 11 is 0. The second-order valence-corrected chi connectivity index (χ2v) is 4.16. The first-order chi connectivity index (χ1) is 8.20. The molecule has 1 aromatic rings. The number of esters is 1. The van der Waals surface area contributed by atoms with Gasteiger partial charge >= 0.3 is 5.97 Å². The maximum Gasteiger partial charge on any atom is 0.331 e. The summed E-state index contributed by atoms with van der Waals surface area (Å²) in [6.45, 7) is 2.24. The van der Waals surface area contributed by atoms with Gasteiger partial charge in [0.1, 0.15) is 11.3 Å². The average molecular weight is 235 g/mol. The van der Waals surface area contributed by atoms with Crippen LogP contribution in [0.15, 0.2) is 24.3 Å². The highest BCUT2D eigenvalue weighted by molar-refractivity contribution is 5.88. The molecule has 1 aliphatic carbocycles. The molecule has 0 amide bonds. The molecule has 1 saturated carbocycles. The minimum Gasteiger partial charge on any atom is -0.497 e.